The molecule has 0 bridgehead atoms. The first-order chi connectivity index (χ1) is 6.72. The molecule has 0 aliphatic carbocycles. The Labute approximate surface area is 84.5 Å². The molecule has 0 spiro atoms. The van der Waals surface area contributed by atoms with Crippen molar-refractivity contribution in [1.29, 1.82) is 0 Å². The lowest BCUT2D eigenvalue weighted by atomic mass is 9.97. The molecule has 1 aliphatic rings. The Bertz CT molecular complexity index is 359. The van der Waals surface area contributed by atoms with E-state index in [9.17, 15) is 4.79 Å². The predicted molar refractivity (Wildman–Crippen MR) is 57.9 cm³/mol. The minimum atomic E-state index is 0.396. The summed E-state index contributed by atoms with van der Waals surface area (Å²) in [6, 6.07) is 6.47. The minimum absolute atomic E-state index is 0.396. The number of benzene rings is 1. The fraction of sp³-hybridized carbons (Fsp3) is 0.417. The molecule has 0 radical (unpaired) electrons. The molecule has 1 atom stereocenters. The van der Waals surface area contributed by atoms with Crippen molar-refractivity contribution < 1.29 is 4.79 Å². The van der Waals surface area contributed by atoms with Gasteiger partial charge in [-0.3, -0.25) is 0 Å². The van der Waals surface area contributed by atoms with Crippen LogP contribution in [-0.2, 0) is 4.79 Å². The zero-order chi connectivity index (χ0) is 10.1. The maximum Gasteiger partial charge on any atom is 0.120 e. The molecule has 0 fully saturated rings. The summed E-state index contributed by atoms with van der Waals surface area (Å²) in [7, 11) is 2.08. The summed E-state index contributed by atoms with van der Waals surface area (Å²) in [5, 5.41) is 0. The highest BCUT2D eigenvalue weighted by molar-refractivity contribution is 5.64. The average Bonchev–Trinajstić information content (AvgIpc) is 2.44. The quantitative estimate of drug-likeness (QED) is 0.664. The van der Waals surface area contributed by atoms with Crippen LogP contribution in [-0.4, -0.2) is 19.9 Å². The lowest BCUT2D eigenvalue weighted by Crippen LogP contribution is -2.15. The molecule has 0 aromatic heterocycles. The number of fused-ring (bicyclic) bond motifs is 1. The number of carbonyl (C=O) groups excluding carboxylic acids is 1. The van der Waals surface area contributed by atoms with Gasteiger partial charge >= 0.3 is 0 Å². The molecule has 0 amide bonds. The highest BCUT2D eigenvalue weighted by atomic mass is 16.1. The van der Waals surface area contributed by atoms with Crippen molar-refractivity contribution in [2.24, 2.45) is 0 Å². The highest BCUT2D eigenvalue weighted by Crippen LogP contribution is 2.36. The van der Waals surface area contributed by atoms with Crippen molar-refractivity contribution in [3.05, 3.63) is 29.3 Å². The number of hydrogen-bond acceptors (Lipinski definition) is 2. The summed E-state index contributed by atoms with van der Waals surface area (Å²) in [6.45, 7) is 3.06. The van der Waals surface area contributed by atoms with E-state index in [4.69, 9.17) is 0 Å². The third kappa shape index (κ3) is 1.41. The number of hydrogen-bond donors (Lipinski definition) is 0. The van der Waals surface area contributed by atoms with E-state index in [1.54, 1.807) is 0 Å². The molecule has 1 aliphatic heterocycles. The van der Waals surface area contributed by atoms with E-state index in [2.05, 4.69) is 37.1 Å². The van der Waals surface area contributed by atoms with Crippen molar-refractivity contribution >= 4 is 12.0 Å². The Morgan fingerprint density at radius 2 is 2.36 bits per heavy atom. The molecule has 74 valence electrons. The van der Waals surface area contributed by atoms with Gasteiger partial charge in [-0.15, -0.1) is 0 Å². The van der Waals surface area contributed by atoms with E-state index in [-0.39, 0.29) is 0 Å². The van der Waals surface area contributed by atoms with Crippen molar-refractivity contribution in [1.82, 2.24) is 0 Å². The van der Waals surface area contributed by atoms with Gasteiger partial charge in [0.05, 0.1) is 0 Å². The van der Waals surface area contributed by atoms with Crippen LogP contribution in [0.25, 0.3) is 0 Å². The van der Waals surface area contributed by atoms with E-state index in [0.29, 0.717) is 12.3 Å². The zero-order valence-corrected chi connectivity index (χ0v) is 8.66. The molecule has 2 rings (SSSR count). The van der Waals surface area contributed by atoms with Crippen LogP contribution in [0, 0.1) is 6.92 Å². The van der Waals surface area contributed by atoms with Crippen LogP contribution >= 0.6 is 0 Å². The van der Waals surface area contributed by atoms with Crippen LogP contribution < -0.4 is 4.90 Å². The molecule has 0 saturated carbocycles. The van der Waals surface area contributed by atoms with Crippen LogP contribution in [0.2, 0.25) is 0 Å². The third-order valence-electron chi connectivity index (χ3n) is 2.91. The second-order valence-electron chi connectivity index (χ2n) is 4.04. The van der Waals surface area contributed by atoms with Gasteiger partial charge in [0.15, 0.2) is 0 Å². The SMILES string of the molecule is Cc1ccc2c(c1)C(CC=O)CN2C. The Morgan fingerprint density at radius 3 is 3.07 bits per heavy atom. The number of aryl methyl sites for hydroxylation is 1. The Balaban J connectivity index is 2.40. The monoisotopic (exact) mass is 189 g/mol. The van der Waals surface area contributed by atoms with E-state index in [1.165, 1.54) is 16.8 Å². The van der Waals surface area contributed by atoms with E-state index >= 15 is 0 Å². The van der Waals surface area contributed by atoms with Gasteiger partial charge in [0.2, 0.25) is 0 Å². The minimum Gasteiger partial charge on any atom is -0.374 e. The first-order valence-corrected chi connectivity index (χ1v) is 4.97. The summed E-state index contributed by atoms with van der Waals surface area (Å²) in [6.07, 6.45) is 1.66. The number of anilines is 1. The second kappa shape index (κ2) is 3.45. The Kier molecular flexibility index (Phi) is 2.28. The maximum atomic E-state index is 10.5. The van der Waals surface area contributed by atoms with Gasteiger partial charge in [-0.05, 0) is 18.6 Å². The van der Waals surface area contributed by atoms with Crippen molar-refractivity contribution in [3.63, 3.8) is 0 Å². The van der Waals surface area contributed by atoms with Gasteiger partial charge in [0, 0.05) is 31.6 Å². The summed E-state index contributed by atoms with van der Waals surface area (Å²) >= 11 is 0. The van der Waals surface area contributed by atoms with Gasteiger partial charge in [-0.1, -0.05) is 17.7 Å². The lowest BCUT2D eigenvalue weighted by molar-refractivity contribution is -0.108. The maximum absolute atomic E-state index is 10.5. The summed E-state index contributed by atoms with van der Waals surface area (Å²) in [5.41, 5.74) is 3.89. The smallest absolute Gasteiger partial charge is 0.120 e. The number of nitrogens with zero attached hydrogens (tertiary/aromatic N) is 1. The van der Waals surface area contributed by atoms with Crippen molar-refractivity contribution in [3.8, 4) is 0 Å². The van der Waals surface area contributed by atoms with Gasteiger partial charge in [-0.2, -0.15) is 0 Å². The van der Waals surface area contributed by atoms with Gasteiger partial charge < -0.3 is 9.69 Å². The molecule has 1 aromatic carbocycles. The van der Waals surface area contributed by atoms with Crippen LogP contribution in [0.3, 0.4) is 0 Å². The molecule has 1 aromatic rings. The number of carbonyl (C=O) groups is 1. The van der Waals surface area contributed by atoms with E-state index in [1.807, 2.05) is 0 Å². The van der Waals surface area contributed by atoms with E-state index in [0.717, 1.165) is 12.8 Å². The van der Waals surface area contributed by atoms with Crippen molar-refractivity contribution in [2.45, 2.75) is 19.3 Å². The van der Waals surface area contributed by atoms with Gasteiger partial charge in [0.1, 0.15) is 6.29 Å². The topological polar surface area (TPSA) is 20.3 Å². The average molecular weight is 189 g/mol. The van der Waals surface area contributed by atoms with Crippen molar-refractivity contribution in [2.75, 3.05) is 18.5 Å². The fourth-order valence-electron chi connectivity index (χ4n) is 2.19. The fourth-order valence-corrected chi connectivity index (χ4v) is 2.19. The molecule has 0 N–H and O–H groups in total. The first kappa shape index (κ1) is 9.25. The van der Waals surface area contributed by atoms with Gasteiger partial charge in [-0.25, -0.2) is 0 Å². The number of likely N-dealkylation sites (N-methyl/N-ethyl adjacent to an activating group) is 1. The molecular weight excluding hydrogens is 174 g/mol. The standard InChI is InChI=1S/C12H15NO/c1-9-3-4-12-11(7-9)10(5-6-14)8-13(12)2/h3-4,6-7,10H,5,8H2,1-2H3. The Hall–Kier alpha value is -1.31. The van der Waals surface area contributed by atoms with Crippen LogP contribution in [0.5, 0.6) is 0 Å². The molecule has 2 heteroatoms. The highest BCUT2D eigenvalue weighted by Gasteiger charge is 2.25. The molecular formula is C12H15NO. The third-order valence-corrected chi connectivity index (χ3v) is 2.91. The van der Waals surface area contributed by atoms with Crippen LogP contribution in [0.15, 0.2) is 18.2 Å². The van der Waals surface area contributed by atoms with Crippen LogP contribution in [0.4, 0.5) is 5.69 Å². The first-order valence-electron chi connectivity index (χ1n) is 4.97. The molecule has 1 heterocycles. The largest absolute Gasteiger partial charge is 0.374 e. The lowest BCUT2D eigenvalue weighted by Gasteiger charge is -2.11. The summed E-state index contributed by atoms with van der Waals surface area (Å²) in [5.74, 6) is 0.396. The summed E-state index contributed by atoms with van der Waals surface area (Å²) in [4.78, 5) is 12.8. The zero-order valence-electron chi connectivity index (χ0n) is 8.66. The molecule has 1 unspecified atom stereocenters. The number of aldehydes is 1. The van der Waals surface area contributed by atoms with Gasteiger partial charge in [0.25, 0.3) is 0 Å². The molecule has 2 nitrogen and oxygen atoms in total. The summed E-state index contributed by atoms with van der Waals surface area (Å²) < 4.78 is 0. The second-order valence-corrected chi connectivity index (χ2v) is 4.04. The molecule has 14 heavy (non-hydrogen) atoms. The Morgan fingerprint density at radius 1 is 1.57 bits per heavy atom. The predicted octanol–water partition coefficient (Wildman–Crippen LogP) is 2.12. The number of rotatable bonds is 2. The normalized spacial score (nSPS) is 19.6. The van der Waals surface area contributed by atoms with Crippen LogP contribution in [0.1, 0.15) is 23.5 Å². The molecule has 0 saturated heterocycles. The van der Waals surface area contributed by atoms with E-state index < -0.39 is 0 Å².